The Hall–Kier alpha value is -1.04. The highest BCUT2D eigenvalue weighted by Crippen LogP contribution is 2.26. The van der Waals surface area contributed by atoms with Crippen molar-refractivity contribution in [3.63, 3.8) is 0 Å². The molecule has 0 aliphatic rings. The molecule has 0 spiro atoms. The zero-order valence-electron chi connectivity index (χ0n) is 9.89. The summed E-state index contributed by atoms with van der Waals surface area (Å²) in [6.45, 7) is 10.9. The van der Waals surface area contributed by atoms with Gasteiger partial charge in [0.1, 0.15) is 0 Å². The van der Waals surface area contributed by atoms with Gasteiger partial charge in [-0.3, -0.25) is 0 Å². The van der Waals surface area contributed by atoms with Crippen LogP contribution in [0.4, 0.5) is 0 Å². The van der Waals surface area contributed by atoms with Crippen molar-refractivity contribution in [2.45, 2.75) is 34.6 Å². The average Bonchev–Trinajstić information content (AvgIpc) is 2.11. The van der Waals surface area contributed by atoms with Crippen molar-refractivity contribution in [2.24, 2.45) is 5.92 Å². The van der Waals surface area contributed by atoms with E-state index in [1.54, 1.807) is 0 Å². The molecule has 0 N–H and O–H groups in total. The maximum atomic E-state index is 2.28. The molecule has 0 saturated carbocycles. The lowest BCUT2D eigenvalue weighted by atomic mass is 9.91. The lowest BCUT2D eigenvalue weighted by Gasteiger charge is -2.14. The fraction of sp³-hybridized carbons (Fsp3) is 0.429. The Morgan fingerprint density at radius 3 is 2.36 bits per heavy atom. The lowest BCUT2D eigenvalue weighted by molar-refractivity contribution is 0.852. The van der Waals surface area contributed by atoms with Crippen molar-refractivity contribution >= 4 is 5.57 Å². The number of hydrogen-bond donors (Lipinski definition) is 0. The van der Waals surface area contributed by atoms with Crippen molar-refractivity contribution in [3.8, 4) is 0 Å². The summed E-state index contributed by atoms with van der Waals surface area (Å²) in [6, 6.07) is 6.66. The Morgan fingerprint density at radius 2 is 1.86 bits per heavy atom. The summed E-state index contributed by atoms with van der Waals surface area (Å²) in [4.78, 5) is 0. The predicted octanol–water partition coefficient (Wildman–Crippen LogP) is 4.36. The fourth-order valence-electron chi connectivity index (χ4n) is 1.85. The third kappa shape index (κ3) is 2.25. The van der Waals surface area contributed by atoms with Gasteiger partial charge in [0, 0.05) is 0 Å². The molecule has 1 aromatic rings. The number of benzene rings is 1. The van der Waals surface area contributed by atoms with E-state index in [1.807, 2.05) is 0 Å². The first kappa shape index (κ1) is 11.0. The molecule has 76 valence electrons. The molecular weight excluding hydrogens is 168 g/mol. The Bertz CT molecular complexity index is 343. The highest BCUT2D eigenvalue weighted by atomic mass is 14.1. The Balaban J connectivity index is 3.23. The second kappa shape index (κ2) is 4.45. The summed E-state index contributed by atoms with van der Waals surface area (Å²) in [7, 11) is 0. The maximum absolute atomic E-state index is 2.28. The van der Waals surface area contributed by atoms with Crippen LogP contribution < -0.4 is 0 Å². The Kier molecular flexibility index (Phi) is 3.51. The second-order valence-electron chi connectivity index (χ2n) is 4.22. The first-order chi connectivity index (χ1) is 6.56. The molecule has 0 heterocycles. The van der Waals surface area contributed by atoms with Crippen LogP contribution >= 0.6 is 0 Å². The molecular formula is C14H20. The number of aryl methyl sites for hydroxylation is 2. The minimum absolute atomic E-state index is 0.598. The van der Waals surface area contributed by atoms with Gasteiger partial charge in [-0.2, -0.15) is 0 Å². The number of hydrogen-bond acceptors (Lipinski definition) is 0. The van der Waals surface area contributed by atoms with E-state index in [-0.39, 0.29) is 0 Å². The molecule has 1 rings (SSSR count). The first-order valence-electron chi connectivity index (χ1n) is 5.30. The van der Waals surface area contributed by atoms with Gasteiger partial charge >= 0.3 is 0 Å². The van der Waals surface area contributed by atoms with Gasteiger partial charge in [0.15, 0.2) is 0 Å². The van der Waals surface area contributed by atoms with E-state index < -0.39 is 0 Å². The molecule has 0 heteroatoms. The fourth-order valence-corrected chi connectivity index (χ4v) is 1.85. The van der Waals surface area contributed by atoms with E-state index in [4.69, 9.17) is 0 Å². The monoisotopic (exact) mass is 188 g/mol. The smallest absolute Gasteiger partial charge is 0.0193 e. The van der Waals surface area contributed by atoms with E-state index in [2.05, 4.69) is 58.9 Å². The van der Waals surface area contributed by atoms with Crippen LogP contribution in [0.2, 0.25) is 0 Å². The summed E-state index contributed by atoms with van der Waals surface area (Å²) in [6.07, 6.45) is 2.23. The van der Waals surface area contributed by atoms with Crippen LogP contribution in [0.15, 0.2) is 24.3 Å². The van der Waals surface area contributed by atoms with E-state index in [1.165, 1.54) is 22.3 Å². The Morgan fingerprint density at radius 1 is 1.21 bits per heavy atom. The molecule has 0 nitrogen and oxygen atoms in total. The molecule has 0 aliphatic heterocycles. The molecule has 0 amide bonds. The molecule has 14 heavy (non-hydrogen) atoms. The van der Waals surface area contributed by atoms with Gasteiger partial charge < -0.3 is 0 Å². The van der Waals surface area contributed by atoms with Crippen molar-refractivity contribution in [2.75, 3.05) is 0 Å². The first-order valence-corrected chi connectivity index (χ1v) is 5.30. The molecule has 0 radical (unpaired) electrons. The molecule has 1 aromatic carbocycles. The number of allylic oxidation sites excluding steroid dienone is 2. The number of rotatable bonds is 2. The van der Waals surface area contributed by atoms with E-state index >= 15 is 0 Å². The van der Waals surface area contributed by atoms with Crippen LogP contribution in [0.25, 0.3) is 5.57 Å². The van der Waals surface area contributed by atoms with Crippen LogP contribution in [-0.4, -0.2) is 0 Å². The van der Waals surface area contributed by atoms with Crippen LogP contribution in [0, 0.1) is 19.8 Å². The topological polar surface area (TPSA) is 0 Å². The zero-order valence-corrected chi connectivity index (χ0v) is 9.89. The van der Waals surface area contributed by atoms with E-state index in [0.717, 1.165) is 0 Å². The second-order valence-corrected chi connectivity index (χ2v) is 4.22. The molecule has 0 atom stereocenters. The average molecular weight is 188 g/mol. The van der Waals surface area contributed by atoms with Crippen molar-refractivity contribution < 1.29 is 0 Å². The molecule has 0 bridgehead atoms. The summed E-state index contributed by atoms with van der Waals surface area (Å²) in [5.41, 5.74) is 5.57. The third-order valence-electron chi connectivity index (χ3n) is 2.64. The summed E-state index contributed by atoms with van der Waals surface area (Å²) in [5.74, 6) is 0.598. The van der Waals surface area contributed by atoms with Crippen molar-refractivity contribution in [1.82, 2.24) is 0 Å². The van der Waals surface area contributed by atoms with Crippen molar-refractivity contribution in [3.05, 3.63) is 41.0 Å². The highest BCUT2D eigenvalue weighted by molar-refractivity contribution is 5.69. The SMILES string of the molecule is C/C=C(\c1cc(C)ccc1C)C(C)C. The van der Waals surface area contributed by atoms with Crippen LogP contribution in [0.3, 0.4) is 0 Å². The van der Waals surface area contributed by atoms with E-state index in [9.17, 15) is 0 Å². The maximum Gasteiger partial charge on any atom is -0.0193 e. The molecule has 0 aliphatic carbocycles. The quantitative estimate of drug-likeness (QED) is 0.646. The van der Waals surface area contributed by atoms with Crippen LogP contribution in [-0.2, 0) is 0 Å². The zero-order chi connectivity index (χ0) is 10.7. The third-order valence-corrected chi connectivity index (χ3v) is 2.64. The highest BCUT2D eigenvalue weighted by Gasteiger charge is 2.07. The summed E-state index contributed by atoms with van der Waals surface area (Å²) < 4.78 is 0. The Labute approximate surface area is 87.7 Å². The van der Waals surface area contributed by atoms with Gasteiger partial charge in [-0.15, -0.1) is 0 Å². The normalized spacial score (nSPS) is 12.3. The molecule has 0 fully saturated rings. The standard InChI is InChI=1S/C14H20/c1-6-13(10(2)3)14-9-11(4)7-8-12(14)5/h6-10H,1-5H3/b13-6-. The summed E-state index contributed by atoms with van der Waals surface area (Å²) in [5, 5.41) is 0. The molecule has 0 unspecified atom stereocenters. The molecule has 0 saturated heterocycles. The minimum Gasteiger partial charge on any atom is -0.0836 e. The van der Waals surface area contributed by atoms with Gasteiger partial charge in [0.25, 0.3) is 0 Å². The lowest BCUT2D eigenvalue weighted by Crippen LogP contribution is -1.96. The van der Waals surface area contributed by atoms with Crippen LogP contribution in [0.5, 0.6) is 0 Å². The van der Waals surface area contributed by atoms with E-state index in [0.29, 0.717) is 5.92 Å². The largest absolute Gasteiger partial charge is 0.0836 e. The van der Waals surface area contributed by atoms with Gasteiger partial charge in [0.05, 0.1) is 0 Å². The predicted molar refractivity (Wildman–Crippen MR) is 64.4 cm³/mol. The van der Waals surface area contributed by atoms with Gasteiger partial charge in [-0.1, -0.05) is 43.7 Å². The van der Waals surface area contributed by atoms with Crippen molar-refractivity contribution in [1.29, 1.82) is 0 Å². The van der Waals surface area contributed by atoms with Crippen LogP contribution in [0.1, 0.15) is 37.5 Å². The van der Waals surface area contributed by atoms with Gasteiger partial charge in [0.2, 0.25) is 0 Å². The summed E-state index contributed by atoms with van der Waals surface area (Å²) >= 11 is 0. The minimum atomic E-state index is 0.598. The molecule has 0 aromatic heterocycles. The van der Waals surface area contributed by atoms with Gasteiger partial charge in [-0.25, -0.2) is 0 Å². The van der Waals surface area contributed by atoms with Gasteiger partial charge in [-0.05, 0) is 43.4 Å².